The number of carbonyl (C=O) groups is 2. The normalized spacial score (nSPS) is 22.9. The van der Waals surface area contributed by atoms with Crippen LogP contribution in [0.15, 0.2) is 0 Å². The van der Waals surface area contributed by atoms with Crippen LogP contribution in [0.25, 0.3) is 0 Å². The summed E-state index contributed by atoms with van der Waals surface area (Å²) in [6.07, 6.45) is 5.07. The summed E-state index contributed by atoms with van der Waals surface area (Å²) in [5.74, 6) is 0.647. The Balaban J connectivity index is 2.40. The largest absolute Gasteiger partial charge is 0.300 e. The summed E-state index contributed by atoms with van der Waals surface area (Å²) < 4.78 is -0.00811. The predicted octanol–water partition coefficient (Wildman–Crippen LogP) is 3.58. The van der Waals surface area contributed by atoms with Gasteiger partial charge in [-0.25, -0.2) is 0 Å². The molecule has 1 saturated carbocycles. The molecule has 1 aliphatic carbocycles. The third kappa shape index (κ3) is 5.69. The van der Waals surface area contributed by atoms with Gasteiger partial charge in [0, 0.05) is 24.0 Å². The highest BCUT2D eigenvalue weighted by Crippen LogP contribution is 2.30. The number of rotatable bonds is 2. The van der Waals surface area contributed by atoms with Crippen LogP contribution in [-0.2, 0) is 9.59 Å². The smallest absolute Gasteiger partial charge is 0.189 e. The predicted molar refractivity (Wildman–Crippen MR) is 68.6 cm³/mol. The Morgan fingerprint density at radius 1 is 1.38 bits per heavy atom. The molecule has 0 aliphatic heterocycles. The average Bonchev–Trinajstić information content (AvgIpc) is 2.26. The molecule has 2 nitrogen and oxygen atoms in total. The number of carbonyl (C=O) groups excluding carboxylic acids is 2. The second kappa shape index (κ2) is 5.85. The van der Waals surface area contributed by atoms with Crippen molar-refractivity contribution in [3.05, 3.63) is 0 Å². The third-order valence-electron chi connectivity index (χ3n) is 2.71. The summed E-state index contributed by atoms with van der Waals surface area (Å²) in [7, 11) is 0. The van der Waals surface area contributed by atoms with Crippen LogP contribution >= 0.6 is 11.8 Å². The van der Waals surface area contributed by atoms with Crippen molar-refractivity contribution in [3.8, 4) is 0 Å². The maximum absolute atomic E-state index is 11.8. The maximum atomic E-state index is 11.8. The van der Waals surface area contributed by atoms with Gasteiger partial charge in [-0.05, 0) is 18.8 Å². The lowest BCUT2D eigenvalue weighted by Crippen LogP contribution is -2.15. The van der Waals surface area contributed by atoms with Crippen LogP contribution in [0, 0.1) is 5.92 Å². The molecular weight excluding hydrogens is 220 g/mol. The first-order valence-corrected chi connectivity index (χ1v) is 6.92. The van der Waals surface area contributed by atoms with Crippen LogP contribution in [0.2, 0.25) is 0 Å². The molecule has 0 bridgehead atoms. The van der Waals surface area contributed by atoms with E-state index >= 15 is 0 Å². The molecule has 1 rings (SSSR count). The lowest BCUT2D eigenvalue weighted by atomic mass is 9.97. The monoisotopic (exact) mass is 242 g/mol. The Morgan fingerprint density at radius 3 is 2.69 bits per heavy atom. The molecule has 1 atom stereocenters. The Labute approximate surface area is 103 Å². The van der Waals surface area contributed by atoms with Crippen molar-refractivity contribution in [2.24, 2.45) is 5.92 Å². The number of thioether (sulfide) groups is 1. The van der Waals surface area contributed by atoms with Crippen LogP contribution in [0.4, 0.5) is 0 Å². The van der Waals surface area contributed by atoms with Gasteiger partial charge in [-0.1, -0.05) is 39.0 Å². The Kier molecular flexibility index (Phi) is 5.03. The molecule has 1 aliphatic rings. The van der Waals surface area contributed by atoms with E-state index < -0.39 is 0 Å². The minimum atomic E-state index is -0.00811. The van der Waals surface area contributed by atoms with E-state index in [1.807, 2.05) is 20.8 Å². The molecule has 0 amide bonds. The van der Waals surface area contributed by atoms with Crippen molar-refractivity contribution in [1.82, 2.24) is 0 Å². The fourth-order valence-corrected chi connectivity index (χ4v) is 3.08. The highest BCUT2D eigenvalue weighted by molar-refractivity contribution is 8.14. The quantitative estimate of drug-likeness (QED) is 0.694. The minimum absolute atomic E-state index is 0.00811. The van der Waals surface area contributed by atoms with Crippen LogP contribution < -0.4 is 0 Å². The molecule has 16 heavy (non-hydrogen) atoms. The van der Waals surface area contributed by atoms with Gasteiger partial charge in [0.05, 0.1) is 0 Å². The van der Waals surface area contributed by atoms with E-state index in [1.54, 1.807) is 0 Å². The molecule has 0 aromatic carbocycles. The van der Waals surface area contributed by atoms with Crippen LogP contribution in [0.1, 0.15) is 59.3 Å². The van der Waals surface area contributed by atoms with Crippen molar-refractivity contribution >= 4 is 22.7 Å². The van der Waals surface area contributed by atoms with Gasteiger partial charge in [0.25, 0.3) is 0 Å². The highest BCUT2D eigenvalue weighted by Gasteiger charge is 2.23. The first-order chi connectivity index (χ1) is 7.37. The number of hydrogen-bond donors (Lipinski definition) is 0. The first kappa shape index (κ1) is 13.8. The summed E-state index contributed by atoms with van der Waals surface area (Å²) in [6.45, 7) is 6.15. The van der Waals surface area contributed by atoms with Crippen molar-refractivity contribution < 1.29 is 9.59 Å². The SMILES string of the molecule is CC(C)(C)SC(=O)CC1CCCCC(=O)C1. The lowest BCUT2D eigenvalue weighted by Gasteiger charge is -2.18. The molecule has 1 fully saturated rings. The van der Waals surface area contributed by atoms with E-state index in [0.29, 0.717) is 24.5 Å². The van der Waals surface area contributed by atoms with E-state index in [0.717, 1.165) is 25.7 Å². The van der Waals surface area contributed by atoms with Crippen molar-refractivity contribution in [1.29, 1.82) is 0 Å². The van der Waals surface area contributed by atoms with Crippen molar-refractivity contribution in [3.63, 3.8) is 0 Å². The summed E-state index contributed by atoms with van der Waals surface area (Å²) in [5.41, 5.74) is 0. The van der Waals surface area contributed by atoms with Gasteiger partial charge < -0.3 is 0 Å². The second-order valence-electron chi connectivity index (χ2n) is 5.65. The minimum Gasteiger partial charge on any atom is -0.300 e. The summed E-state index contributed by atoms with van der Waals surface area (Å²) in [6, 6.07) is 0. The van der Waals surface area contributed by atoms with E-state index in [-0.39, 0.29) is 9.86 Å². The van der Waals surface area contributed by atoms with Crippen LogP contribution in [-0.4, -0.2) is 15.6 Å². The standard InChI is InChI=1S/C13H22O2S/c1-13(2,3)16-12(15)9-10-6-4-5-7-11(14)8-10/h10H,4-9H2,1-3H3. The van der Waals surface area contributed by atoms with E-state index in [1.165, 1.54) is 11.8 Å². The molecule has 0 spiro atoms. The van der Waals surface area contributed by atoms with Gasteiger partial charge in [0.2, 0.25) is 0 Å². The molecule has 92 valence electrons. The molecule has 0 radical (unpaired) electrons. The van der Waals surface area contributed by atoms with Crippen molar-refractivity contribution in [2.45, 2.75) is 64.0 Å². The van der Waals surface area contributed by atoms with E-state index in [9.17, 15) is 9.59 Å². The summed E-state index contributed by atoms with van der Waals surface area (Å²) in [5, 5.41) is 0.243. The summed E-state index contributed by atoms with van der Waals surface area (Å²) >= 11 is 1.41. The van der Waals surface area contributed by atoms with Gasteiger partial charge in [-0.15, -0.1) is 0 Å². The van der Waals surface area contributed by atoms with Crippen molar-refractivity contribution in [2.75, 3.05) is 0 Å². The number of hydrogen-bond acceptors (Lipinski definition) is 3. The lowest BCUT2D eigenvalue weighted by molar-refractivity contribution is -0.119. The number of ketones is 1. The van der Waals surface area contributed by atoms with Gasteiger partial charge in [0.1, 0.15) is 5.78 Å². The maximum Gasteiger partial charge on any atom is 0.189 e. The molecule has 0 N–H and O–H groups in total. The second-order valence-corrected chi connectivity index (χ2v) is 7.53. The van der Waals surface area contributed by atoms with Crippen LogP contribution in [0.5, 0.6) is 0 Å². The van der Waals surface area contributed by atoms with Gasteiger partial charge in [-0.2, -0.15) is 0 Å². The summed E-state index contributed by atoms with van der Waals surface area (Å²) in [4.78, 5) is 23.2. The fraction of sp³-hybridized carbons (Fsp3) is 0.846. The zero-order valence-electron chi connectivity index (χ0n) is 10.5. The first-order valence-electron chi connectivity index (χ1n) is 6.10. The molecular formula is C13H22O2S. The molecule has 0 saturated heterocycles. The van der Waals surface area contributed by atoms with Gasteiger partial charge in [-0.3, -0.25) is 9.59 Å². The molecule has 0 aromatic heterocycles. The topological polar surface area (TPSA) is 34.1 Å². The molecule has 0 aromatic rings. The Morgan fingerprint density at radius 2 is 2.06 bits per heavy atom. The molecule has 3 heteroatoms. The zero-order chi connectivity index (χ0) is 12.2. The zero-order valence-corrected chi connectivity index (χ0v) is 11.4. The average molecular weight is 242 g/mol. The third-order valence-corrected chi connectivity index (χ3v) is 3.72. The van der Waals surface area contributed by atoms with Gasteiger partial charge >= 0.3 is 0 Å². The van der Waals surface area contributed by atoms with E-state index in [4.69, 9.17) is 0 Å². The Bertz CT molecular complexity index is 266. The highest BCUT2D eigenvalue weighted by atomic mass is 32.2. The van der Waals surface area contributed by atoms with E-state index in [2.05, 4.69) is 0 Å². The number of Topliss-reactive ketones (excluding diaryl/α,β-unsaturated/α-hetero) is 1. The van der Waals surface area contributed by atoms with Crippen LogP contribution in [0.3, 0.4) is 0 Å². The fourth-order valence-electron chi connectivity index (χ4n) is 2.07. The Hall–Kier alpha value is -0.310. The molecule has 1 unspecified atom stereocenters. The molecule has 0 heterocycles. The van der Waals surface area contributed by atoms with Gasteiger partial charge in [0.15, 0.2) is 5.12 Å².